The van der Waals surface area contributed by atoms with E-state index >= 15 is 0 Å². The molecule has 1 aromatic rings. The van der Waals surface area contributed by atoms with Gasteiger partial charge in [-0.1, -0.05) is 13.8 Å². The van der Waals surface area contributed by atoms with Gasteiger partial charge >= 0.3 is 5.97 Å². The Morgan fingerprint density at radius 2 is 2.17 bits per heavy atom. The lowest BCUT2D eigenvalue weighted by molar-refractivity contribution is -0.142. The summed E-state index contributed by atoms with van der Waals surface area (Å²) in [7, 11) is -3.63. The Kier molecular flexibility index (Phi) is 4.92. The fraction of sp³-hybridized carbons (Fsp3) is 0.545. The number of carboxylic acids is 1. The minimum atomic E-state index is -3.63. The summed E-state index contributed by atoms with van der Waals surface area (Å²) in [6, 6.07) is 1.42. The van der Waals surface area contributed by atoms with E-state index < -0.39 is 21.9 Å². The molecule has 0 fully saturated rings. The smallest absolute Gasteiger partial charge is 0.307 e. The highest BCUT2D eigenvalue weighted by atomic mass is 32.2. The van der Waals surface area contributed by atoms with Gasteiger partial charge in [0.1, 0.15) is 0 Å². The Morgan fingerprint density at radius 3 is 2.61 bits per heavy atom. The van der Waals surface area contributed by atoms with Gasteiger partial charge in [0.05, 0.1) is 10.8 Å². The van der Waals surface area contributed by atoms with Crippen molar-refractivity contribution in [3.8, 4) is 0 Å². The van der Waals surface area contributed by atoms with Gasteiger partial charge in [-0.05, 0) is 18.4 Å². The SMILES string of the molecule is CC(C)CC(CNS(=O)(=O)c1cc[nH]c1)C(=O)O. The lowest BCUT2D eigenvalue weighted by Gasteiger charge is -2.15. The van der Waals surface area contributed by atoms with Gasteiger partial charge in [-0.25, -0.2) is 13.1 Å². The monoisotopic (exact) mass is 274 g/mol. The number of aromatic amines is 1. The van der Waals surface area contributed by atoms with E-state index in [2.05, 4.69) is 9.71 Å². The van der Waals surface area contributed by atoms with Crippen molar-refractivity contribution < 1.29 is 18.3 Å². The maximum Gasteiger partial charge on any atom is 0.307 e. The van der Waals surface area contributed by atoms with Gasteiger partial charge in [0.15, 0.2) is 0 Å². The Balaban J connectivity index is 2.65. The van der Waals surface area contributed by atoms with Crippen LogP contribution in [0.3, 0.4) is 0 Å². The van der Waals surface area contributed by atoms with Gasteiger partial charge in [-0.2, -0.15) is 0 Å². The fourth-order valence-corrected chi connectivity index (χ4v) is 2.67. The van der Waals surface area contributed by atoms with E-state index in [1.165, 1.54) is 18.5 Å². The Hall–Kier alpha value is -1.34. The van der Waals surface area contributed by atoms with Crippen LogP contribution in [0.5, 0.6) is 0 Å². The first-order valence-corrected chi connectivity index (χ1v) is 7.16. The van der Waals surface area contributed by atoms with Crippen molar-refractivity contribution in [1.82, 2.24) is 9.71 Å². The molecule has 1 aromatic heterocycles. The summed E-state index contributed by atoms with van der Waals surface area (Å²) in [5, 5.41) is 9.01. The van der Waals surface area contributed by atoms with Crippen LogP contribution in [0.15, 0.2) is 23.4 Å². The number of rotatable bonds is 7. The number of aromatic nitrogens is 1. The molecule has 0 spiro atoms. The summed E-state index contributed by atoms with van der Waals surface area (Å²) in [6.45, 7) is 3.70. The second-order valence-corrected chi connectivity index (χ2v) is 6.33. The zero-order valence-electron chi connectivity index (χ0n) is 10.4. The van der Waals surface area contributed by atoms with E-state index in [1.807, 2.05) is 13.8 Å². The van der Waals surface area contributed by atoms with Crippen LogP contribution >= 0.6 is 0 Å². The molecule has 6 nitrogen and oxygen atoms in total. The number of nitrogens with one attached hydrogen (secondary N) is 2. The number of carbonyl (C=O) groups is 1. The third kappa shape index (κ3) is 4.15. The highest BCUT2D eigenvalue weighted by Crippen LogP contribution is 2.13. The summed E-state index contributed by atoms with van der Waals surface area (Å²) in [5.74, 6) is -1.50. The summed E-state index contributed by atoms with van der Waals surface area (Å²) in [5.41, 5.74) is 0. The molecule has 0 aliphatic heterocycles. The molecule has 0 saturated heterocycles. The van der Waals surface area contributed by atoms with Crippen LogP contribution < -0.4 is 4.72 Å². The van der Waals surface area contributed by atoms with Crippen molar-refractivity contribution in [2.24, 2.45) is 11.8 Å². The predicted molar refractivity (Wildman–Crippen MR) is 66.6 cm³/mol. The van der Waals surface area contributed by atoms with Crippen LogP contribution in [0.4, 0.5) is 0 Å². The van der Waals surface area contributed by atoms with E-state index in [0.717, 1.165) is 0 Å². The molecular weight excluding hydrogens is 256 g/mol. The van der Waals surface area contributed by atoms with E-state index in [0.29, 0.717) is 6.42 Å². The second kappa shape index (κ2) is 6.01. The molecule has 0 bridgehead atoms. The van der Waals surface area contributed by atoms with Gasteiger partial charge in [0.2, 0.25) is 10.0 Å². The lowest BCUT2D eigenvalue weighted by Crippen LogP contribution is -2.33. The van der Waals surface area contributed by atoms with E-state index in [9.17, 15) is 13.2 Å². The molecule has 3 N–H and O–H groups in total. The van der Waals surface area contributed by atoms with Crippen molar-refractivity contribution >= 4 is 16.0 Å². The van der Waals surface area contributed by atoms with Crippen LogP contribution in [0, 0.1) is 11.8 Å². The van der Waals surface area contributed by atoms with E-state index in [4.69, 9.17) is 5.11 Å². The molecule has 1 rings (SSSR count). The normalized spacial score (nSPS) is 13.7. The number of carboxylic acid groups (broad SMARTS) is 1. The highest BCUT2D eigenvalue weighted by Gasteiger charge is 2.22. The Labute approximate surface area is 106 Å². The largest absolute Gasteiger partial charge is 0.481 e. The minimum absolute atomic E-state index is 0.0962. The molecule has 7 heteroatoms. The average Bonchev–Trinajstić information content (AvgIpc) is 2.77. The average molecular weight is 274 g/mol. The molecule has 1 heterocycles. The Morgan fingerprint density at radius 1 is 1.50 bits per heavy atom. The van der Waals surface area contributed by atoms with Crippen LogP contribution in [0.1, 0.15) is 20.3 Å². The Bertz CT molecular complexity index is 479. The molecule has 1 atom stereocenters. The molecule has 0 amide bonds. The molecule has 18 heavy (non-hydrogen) atoms. The summed E-state index contributed by atoms with van der Waals surface area (Å²) in [4.78, 5) is 13.7. The summed E-state index contributed by atoms with van der Waals surface area (Å²) < 4.78 is 25.9. The van der Waals surface area contributed by atoms with Crippen molar-refractivity contribution in [2.45, 2.75) is 25.2 Å². The fourth-order valence-electron chi connectivity index (χ4n) is 1.61. The van der Waals surface area contributed by atoms with Gasteiger partial charge in [-0.3, -0.25) is 4.79 Å². The summed E-state index contributed by atoms with van der Waals surface area (Å²) >= 11 is 0. The molecule has 0 aromatic carbocycles. The van der Waals surface area contributed by atoms with E-state index in [1.54, 1.807) is 0 Å². The number of hydrogen-bond acceptors (Lipinski definition) is 3. The van der Waals surface area contributed by atoms with Crippen LogP contribution in [-0.4, -0.2) is 31.0 Å². The topological polar surface area (TPSA) is 99.3 Å². The minimum Gasteiger partial charge on any atom is -0.481 e. The number of hydrogen-bond donors (Lipinski definition) is 3. The first-order valence-electron chi connectivity index (χ1n) is 5.68. The van der Waals surface area contributed by atoms with Gasteiger partial charge in [0.25, 0.3) is 0 Å². The second-order valence-electron chi connectivity index (χ2n) is 4.56. The molecular formula is C11H18N2O4S. The predicted octanol–water partition coefficient (Wildman–Crippen LogP) is 1.04. The molecule has 0 aliphatic carbocycles. The number of sulfonamides is 1. The maximum absolute atomic E-state index is 11.8. The molecule has 0 aliphatic rings. The summed E-state index contributed by atoms with van der Waals surface area (Å²) in [6.07, 6.45) is 3.28. The van der Waals surface area contributed by atoms with Crippen molar-refractivity contribution in [2.75, 3.05) is 6.54 Å². The zero-order valence-corrected chi connectivity index (χ0v) is 11.2. The van der Waals surface area contributed by atoms with Crippen LogP contribution in [-0.2, 0) is 14.8 Å². The van der Waals surface area contributed by atoms with Crippen molar-refractivity contribution in [3.63, 3.8) is 0 Å². The van der Waals surface area contributed by atoms with Crippen LogP contribution in [0.25, 0.3) is 0 Å². The van der Waals surface area contributed by atoms with Gasteiger partial charge in [-0.15, -0.1) is 0 Å². The van der Waals surface area contributed by atoms with Gasteiger partial charge < -0.3 is 10.1 Å². The van der Waals surface area contributed by atoms with Gasteiger partial charge in [0, 0.05) is 18.9 Å². The zero-order chi connectivity index (χ0) is 13.8. The van der Waals surface area contributed by atoms with E-state index in [-0.39, 0.29) is 17.4 Å². The highest BCUT2D eigenvalue weighted by molar-refractivity contribution is 7.89. The first-order chi connectivity index (χ1) is 8.33. The number of H-pyrrole nitrogens is 1. The quantitative estimate of drug-likeness (QED) is 0.691. The maximum atomic E-state index is 11.8. The number of aliphatic carboxylic acids is 1. The van der Waals surface area contributed by atoms with Crippen molar-refractivity contribution in [3.05, 3.63) is 18.5 Å². The third-order valence-electron chi connectivity index (χ3n) is 2.50. The molecule has 0 radical (unpaired) electrons. The molecule has 0 saturated carbocycles. The third-order valence-corrected chi connectivity index (χ3v) is 3.93. The molecule has 102 valence electrons. The first kappa shape index (κ1) is 14.7. The molecule has 1 unspecified atom stereocenters. The van der Waals surface area contributed by atoms with Crippen LogP contribution in [0.2, 0.25) is 0 Å². The lowest BCUT2D eigenvalue weighted by atomic mass is 9.98. The van der Waals surface area contributed by atoms with Crippen molar-refractivity contribution in [1.29, 1.82) is 0 Å². The standard InChI is InChI=1S/C11H18N2O4S/c1-8(2)5-9(11(14)15)6-13-18(16,17)10-3-4-12-7-10/h3-4,7-9,12-13H,5-6H2,1-2H3,(H,14,15).